The summed E-state index contributed by atoms with van der Waals surface area (Å²) in [5, 5.41) is 10.5. The minimum atomic E-state index is -5.04. The summed E-state index contributed by atoms with van der Waals surface area (Å²) in [4.78, 5) is 12.8. The monoisotopic (exact) mass is 364 g/mol. The molecule has 1 aromatic rings. The van der Waals surface area contributed by atoms with Crippen molar-refractivity contribution < 1.29 is 27.6 Å². The van der Waals surface area contributed by atoms with Gasteiger partial charge in [0.2, 0.25) is 5.75 Å². The maximum absolute atomic E-state index is 12.0. The molecule has 0 N–H and O–H groups in total. The molecule has 6 nitrogen and oxygen atoms in total. The van der Waals surface area contributed by atoms with E-state index in [1.165, 1.54) is 7.11 Å². The molecule has 0 unspecified atom stereocenters. The number of ether oxygens (including phenoxy) is 2. The van der Waals surface area contributed by atoms with Crippen LogP contribution in [0.1, 0.15) is 0 Å². The summed E-state index contributed by atoms with van der Waals surface area (Å²) in [6.07, 6.45) is -5.04. The Morgan fingerprint density at radius 3 is 2.47 bits per heavy atom. The first kappa shape index (κ1) is 13.7. The highest BCUT2D eigenvalue weighted by Crippen LogP contribution is 2.35. The SMILES string of the molecule is COc1cc(OC(F)(F)F)c([N+](=O)[O-])nc1I. The van der Waals surface area contributed by atoms with Crippen LogP contribution in [0.5, 0.6) is 11.5 Å². The maximum atomic E-state index is 12.0. The van der Waals surface area contributed by atoms with E-state index in [2.05, 4.69) is 9.72 Å². The third-order valence-electron chi connectivity index (χ3n) is 1.51. The molecule has 10 heteroatoms. The van der Waals surface area contributed by atoms with Crippen molar-refractivity contribution in [2.45, 2.75) is 6.36 Å². The second-order valence-electron chi connectivity index (χ2n) is 2.61. The quantitative estimate of drug-likeness (QED) is 0.357. The van der Waals surface area contributed by atoms with E-state index in [0.717, 1.165) is 6.07 Å². The minimum absolute atomic E-state index is 0.0459. The number of halogens is 4. The van der Waals surface area contributed by atoms with E-state index in [1.54, 1.807) is 22.6 Å². The molecular weight excluding hydrogens is 360 g/mol. The van der Waals surface area contributed by atoms with Gasteiger partial charge in [-0.1, -0.05) is 0 Å². The van der Waals surface area contributed by atoms with Crippen LogP contribution < -0.4 is 9.47 Å². The van der Waals surface area contributed by atoms with Crippen LogP contribution in [0.2, 0.25) is 0 Å². The normalized spacial score (nSPS) is 11.1. The second-order valence-corrected chi connectivity index (χ2v) is 3.63. The molecule has 0 radical (unpaired) electrons. The number of hydrogen-bond donors (Lipinski definition) is 0. The average molecular weight is 364 g/mol. The van der Waals surface area contributed by atoms with Crippen molar-refractivity contribution in [3.63, 3.8) is 0 Å². The summed E-state index contributed by atoms with van der Waals surface area (Å²) in [5.41, 5.74) is 0. The predicted molar refractivity (Wildman–Crippen MR) is 56.8 cm³/mol. The number of methoxy groups -OCH3 is 1. The van der Waals surface area contributed by atoms with Gasteiger partial charge < -0.3 is 19.6 Å². The van der Waals surface area contributed by atoms with Crippen LogP contribution in [-0.4, -0.2) is 23.4 Å². The van der Waals surface area contributed by atoms with Gasteiger partial charge in [0.1, 0.15) is 0 Å². The smallest absolute Gasteiger partial charge is 0.492 e. The van der Waals surface area contributed by atoms with Crippen molar-refractivity contribution in [1.82, 2.24) is 4.98 Å². The summed E-state index contributed by atoms with van der Waals surface area (Å²) in [6, 6.07) is 0.764. The van der Waals surface area contributed by atoms with E-state index in [-0.39, 0.29) is 9.45 Å². The Balaban J connectivity index is 3.29. The molecule has 0 aliphatic carbocycles. The summed E-state index contributed by atoms with van der Waals surface area (Å²) >= 11 is 1.60. The first-order valence-corrected chi connectivity index (χ1v) is 4.97. The van der Waals surface area contributed by atoms with Gasteiger partial charge in [0.05, 0.1) is 7.11 Å². The third kappa shape index (κ3) is 3.57. The Kier molecular flexibility index (Phi) is 3.95. The Hall–Kier alpha value is -1.33. The first-order valence-electron chi connectivity index (χ1n) is 3.89. The molecule has 1 aromatic heterocycles. The molecule has 0 spiro atoms. The van der Waals surface area contributed by atoms with Crippen molar-refractivity contribution in [2.75, 3.05) is 7.11 Å². The molecule has 17 heavy (non-hydrogen) atoms. The number of nitrogens with zero attached hydrogens (tertiary/aromatic N) is 2. The Morgan fingerprint density at radius 1 is 1.47 bits per heavy atom. The summed E-state index contributed by atoms with van der Waals surface area (Å²) in [6.45, 7) is 0. The van der Waals surface area contributed by atoms with Crippen LogP contribution in [0.25, 0.3) is 0 Å². The lowest BCUT2D eigenvalue weighted by Gasteiger charge is -2.09. The van der Waals surface area contributed by atoms with Crippen molar-refractivity contribution in [3.05, 3.63) is 19.9 Å². The van der Waals surface area contributed by atoms with Gasteiger partial charge in [-0.15, -0.1) is 13.2 Å². The highest BCUT2D eigenvalue weighted by Gasteiger charge is 2.36. The van der Waals surface area contributed by atoms with Crippen molar-refractivity contribution in [2.24, 2.45) is 0 Å². The molecule has 0 atom stereocenters. The number of aromatic nitrogens is 1. The molecule has 0 amide bonds. The molecule has 0 aliphatic rings. The van der Waals surface area contributed by atoms with Gasteiger partial charge in [-0.25, -0.2) is 0 Å². The molecule has 0 aliphatic heterocycles. The van der Waals surface area contributed by atoms with Crippen LogP contribution in [0, 0.1) is 13.8 Å². The molecule has 0 saturated carbocycles. The molecule has 1 rings (SSSR count). The lowest BCUT2D eigenvalue weighted by molar-refractivity contribution is -0.393. The van der Waals surface area contributed by atoms with Gasteiger partial charge in [-0.2, -0.15) is 0 Å². The Bertz CT molecular complexity index is 451. The lowest BCUT2D eigenvalue weighted by Crippen LogP contribution is -2.18. The van der Waals surface area contributed by atoms with Gasteiger partial charge >= 0.3 is 12.2 Å². The minimum Gasteiger partial charge on any atom is -0.492 e. The predicted octanol–water partition coefficient (Wildman–Crippen LogP) is 2.50. The fraction of sp³-hybridized carbons (Fsp3) is 0.286. The fourth-order valence-corrected chi connectivity index (χ4v) is 1.52. The van der Waals surface area contributed by atoms with Crippen LogP contribution >= 0.6 is 22.6 Å². The molecule has 1 heterocycles. The maximum Gasteiger partial charge on any atom is 0.573 e. The van der Waals surface area contributed by atoms with E-state index in [9.17, 15) is 23.3 Å². The number of hydrogen-bond acceptors (Lipinski definition) is 5. The Labute approximate surface area is 106 Å². The zero-order valence-corrected chi connectivity index (χ0v) is 10.3. The number of alkyl halides is 3. The zero-order valence-electron chi connectivity index (χ0n) is 8.12. The van der Waals surface area contributed by atoms with Gasteiger partial charge in [-0.3, -0.25) is 0 Å². The summed E-state index contributed by atoms with van der Waals surface area (Å²) in [7, 11) is 1.20. The van der Waals surface area contributed by atoms with Crippen molar-refractivity contribution >= 4 is 28.4 Å². The third-order valence-corrected chi connectivity index (χ3v) is 2.28. The largest absolute Gasteiger partial charge is 0.573 e. The Morgan fingerprint density at radius 2 is 2.06 bits per heavy atom. The molecule has 0 aromatic carbocycles. The van der Waals surface area contributed by atoms with Crippen LogP contribution in [0.15, 0.2) is 6.07 Å². The molecule has 94 valence electrons. The van der Waals surface area contributed by atoms with Crippen LogP contribution in [0.3, 0.4) is 0 Å². The first-order chi connectivity index (χ1) is 7.74. The average Bonchev–Trinajstić information content (AvgIpc) is 2.17. The number of nitro groups is 1. The lowest BCUT2D eigenvalue weighted by atomic mass is 10.4. The van der Waals surface area contributed by atoms with Gasteiger partial charge in [0, 0.05) is 28.7 Å². The highest BCUT2D eigenvalue weighted by atomic mass is 127. The highest BCUT2D eigenvalue weighted by molar-refractivity contribution is 14.1. The van der Waals surface area contributed by atoms with Gasteiger partial charge in [-0.05, 0) is 9.91 Å². The van der Waals surface area contributed by atoms with E-state index < -0.39 is 22.9 Å². The topological polar surface area (TPSA) is 74.5 Å². The van der Waals surface area contributed by atoms with Crippen molar-refractivity contribution in [3.8, 4) is 11.5 Å². The van der Waals surface area contributed by atoms with E-state index in [1.807, 2.05) is 0 Å². The van der Waals surface area contributed by atoms with E-state index in [4.69, 9.17) is 4.74 Å². The van der Waals surface area contributed by atoms with Crippen LogP contribution in [0.4, 0.5) is 19.0 Å². The van der Waals surface area contributed by atoms with Gasteiger partial charge in [0.15, 0.2) is 5.75 Å². The molecule has 0 saturated heterocycles. The van der Waals surface area contributed by atoms with Gasteiger partial charge in [0.25, 0.3) is 3.70 Å². The summed E-state index contributed by atoms with van der Waals surface area (Å²) in [5.74, 6) is -2.08. The van der Waals surface area contributed by atoms with Crippen LogP contribution in [-0.2, 0) is 0 Å². The standard InChI is InChI=1S/C7H4F3IN2O4/c1-16-3-2-4(17-7(8,9)10)6(13(14)15)12-5(3)11/h2H,1H3. The molecule has 0 fully saturated rings. The second kappa shape index (κ2) is 4.89. The molecular formula is C7H4F3IN2O4. The zero-order chi connectivity index (χ0) is 13.2. The molecule has 0 bridgehead atoms. The summed E-state index contributed by atoms with van der Waals surface area (Å²) < 4.78 is 44.3. The number of rotatable bonds is 3. The van der Waals surface area contributed by atoms with E-state index >= 15 is 0 Å². The van der Waals surface area contributed by atoms with Crippen molar-refractivity contribution in [1.29, 1.82) is 0 Å². The number of pyridine rings is 1. The van der Waals surface area contributed by atoms with E-state index in [0.29, 0.717) is 0 Å². The fourth-order valence-electron chi connectivity index (χ4n) is 0.920.